The number of aliphatic carboxylic acids is 1. The molecule has 0 spiro atoms. The summed E-state index contributed by atoms with van der Waals surface area (Å²) in [6.45, 7) is 9.89. The number of Topliss-reactive ketones (excluding diaryl/α,β-unsaturated/α-hetero) is 2. The van der Waals surface area contributed by atoms with Crippen molar-refractivity contribution in [2.45, 2.75) is 66.2 Å². The molecule has 0 atom stereocenters. The molecular weight excluding hydrogens is 563 g/mol. The number of carbonyl (C=O) groups excluding carboxylic acids is 2. The molecule has 0 unspecified atom stereocenters. The first kappa shape index (κ1) is 25.7. The van der Waals surface area contributed by atoms with Gasteiger partial charge in [-0.25, -0.2) is 4.79 Å². The maximum Gasteiger partial charge on any atom is 0.341 e. The first-order valence-corrected chi connectivity index (χ1v) is 12.9. The molecule has 188 valence electrons. The minimum Gasteiger partial charge on any atom is -0.490 e. The Morgan fingerprint density at radius 1 is 1.00 bits per heavy atom. The van der Waals surface area contributed by atoms with Crippen LogP contribution in [0.2, 0.25) is 0 Å². The minimum absolute atomic E-state index is 0.00962. The van der Waals surface area contributed by atoms with Crippen molar-refractivity contribution in [3.63, 3.8) is 0 Å². The van der Waals surface area contributed by atoms with Gasteiger partial charge >= 0.3 is 5.97 Å². The molecule has 7 nitrogen and oxygen atoms in total. The molecule has 3 aliphatic rings. The number of hydrogen-bond acceptors (Lipinski definition) is 6. The van der Waals surface area contributed by atoms with Gasteiger partial charge in [-0.3, -0.25) is 9.59 Å². The Balaban J connectivity index is 1.90. The molecular formula is C27H31IO7. The van der Waals surface area contributed by atoms with Crippen LogP contribution in [-0.2, 0) is 19.1 Å². The van der Waals surface area contributed by atoms with Crippen LogP contribution in [-0.4, -0.2) is 35.9 Å². The van der Waals surface area contributed by atoms with Crippen molar-refractivity contribution in [3.8, 4) is 11.5 Å². The van der Waals surface area contributed by atoms with Crippen LogP contribution in [0, 0.1) is 14.4 Å². The van der Waals surface area contributed by atoms with Crippen LogP contribution >= 0.6 is 22.6 Å². The van der Waals surface area contributed by atoms with Gasteiger partial charge in [-0.2, -0.15) is 0 Å². The Kier molecular flexibility index (Phi) is 6.81. The molecule has 0 saturated carbocycles. The van der Waals surface area contributed by atoms with Gasteiger partial charge in [-0.05, 0) is 58.0 Å². The molecule has 2 aliphatic carbocycles. The number of carboxylic acids is 1. The van der Waals surface area contributed by atoms with Crippen molar-refractivity contribution < 1.29 is 33.7 Å². The molecule has 1 aromatic carbocycles. The molecule has 0 aromatic heterocycles. The summed E-state index contributed by atoms with van der Waals surface area (Å²) in [7, 11) is 0. The topological polar surface area (TPSA) is 99.1 Å². The van der Waals surface area contributed by atoms with Gasteiger partial charge in [-0.1, -0.05) is 27.7 Å². The fourth-order valence-electron chi connectivity index (χ4n) is 5.30. The Morgan fingerprint density at radius 2 is 1.54 bits per heavy atom. The molecule has 0 bridgehead atoms. The number of hydrogen-bond donors (Lipinski definition) is 1. The van der Waals surface area contributed by atoms with Crippen LogP contribution < -0.4 is 9.47 Å². The fraction of sp³-hybridized carbons (Fsp3) is 0.519. The molecule has 0 fully saturated rings. The molecule has 8 heteroatoms. The maximum atomic E-state index is 13.5. The second-order valence-electron chi connectivity index (χ2n) is 11.0. The number of ether oxygens (including phenoxy) is 3. The van der Waals surface area contributed by atoms with Crippen LogP contribution in [0.4, 0.5) is 0 Å². The second-order valence-corrected chi connectivity index (χ2v) is 12.2. The van der Waals surface area contributed by atoms with Gasteiger partial charge in [0.25, 0.3) is 0 Å². The summed E-state index contributed by atoms with van der Waals surface area (Å²) in [5.74, 6) is 0.364. The zero-order valence-electron chi connectivity index (χ0n) is 20.7. The molecule has 1 aromatic rings. The minimum atomic E-state index is -1.09. The summed E-state index contributed by atoms with van der Waals surface area (Å²) in [5, 5.41) is 9.08. The number of rotatable bonds is 6. The van der Waals surface area contributed by atoms with Crippen LogP contribution in [0.5, 0.6) is 11.5 Å². The normalized spacial score (nSPS) is 21.3. The Hall–Kier alpha value is -2.36. The predicted octanol–water partition coefficient (Wildman–Crippen LogP) is 5.55. The number of allylic oxidation sites excluding steroid dienone is 4. The summed E-state index contributed by atoms with van der Waals surface area (Å²) >= 11 is 2.08. The molecule has 0 amide bonds. The van der Waals surface area contributed by atoms with E-state index in [1.165, 1.54) is 0 Å². The van der Waals surface area contributed by atoms with E-state index in [9.17, 15) is 14.4 Å². The van der Waals surface area contributed by atoms with Crippen molar-refractivity contribution >= 4 is 40.1 Å². The zero-order valence-corrected chi connectivity index (χ0v) is 22.9. The number of carbonyl (C=O) groups is 3. The number of benzene rings is 1. The van der Waals surface area contributed by atoms with E-state index in [0.717, 1.165) is 5.56 Å². The van der Waals surface area contributed by atoms with Gasteiger partial charge in [0.15, 0.2) is 29.7 Å². The van der Waals surface area contributed by atoms with E-state index >= 15 is 0 Å². The lowest BCUT2D eigenvalue weighted by atomic mass is 9.65. The Bertz CT molecular complexity index is 1120. The molecule has 4 rings (SSSR count). The van der Waals surface area contributed by atoms with E-state index in [1.807, 2.05) is 13.0 Å². The molecule has 1 N–H and O–H groups in total. The molecule has 35 heavy (non-hydrogen) atoms. The van der Waals surface area contributed by atoms with Crippen molar-refractivity contribution in [1.82, 2.24) is 0 Å². The van der Waals surface area contributed by atoms with Gasteiger partial charge in [0, 0.05) is 42.7 Å². The lowest BCUT2D eigenvalue weighted by Gasteiger charge is -2.42. The third kappa shape index (κ3) is 5.13. The summed E-state index contributed by atoms with van der Waals surface area (Å²) in [4.78, 5) is 38.1. The Morgan fingerprint density at radius 3 is 2.03 bits per heavy atom. The highest BCUT2D eigenvalue weighted by Crippen LogP contribution is 2.54. The van der Waals surface area contributed by atoms with Crippen LogP contribution in [0.25, 0.3) is 0 Å². The van der Waals surface area contributed by atoms with E-state index in [2.05, 4.69) is 50.3 Å². The fourth-order valence-corrected chi connectivity index (χ4v) is 6.08. The summed E-state index contributed by atoms with van der Waals surface area (Å²) < 4.78 is 18.3. The number of ketones is 2. The molecule has 0 radical (unpaired) electrons. The zero-order chi connectivity index (χ0) is 25.7. The van der Waals surface area contributed by atoms with Crippen LogP contribution in [0.3, 0.4) is 0 Å². The van der Waals surface area contributed by atoms with Gasteiger partial charge in [0.05, 0.1) is 10.2 Å². The van der Waals surface area contributed by atoms with E-state index in [-0.39, 0.29) is 22.4 Å². The second kappa shape index (κ2) is 9.26. The van der Waals surface area contributed by atoms with Gasteiger partial charge < -0.3 is 19.3 Å². The highest BCUT2D eigenvalue weighted by atomic mass is 127. The van der Waals surface area contributed by atoms with Gasteiger partial charge in [0.1, 0.15) is 11.5 Å². The highest BCUT2D eigenvalue weighted by molar-refractivity contribution is 14.1. The third-order valence-electron chi connectivity index (χ3n) is 6.59. The van der Waals surface area contributed by atoms with Crippen molar-refractivity contribution in [1.29, 1.82) is 0 Å². The van der Waals surface area contributed by atoms with Gasteiger partial charge in [0.2, 0.25) is 0 Å². The monoisotopic (exact) mass is 594 g/mol. The van der Waals surface area contributed by atoms with Crippen molar-refractivity contribution in [2.24, 2.45) is 10.8 Å². The largest absolute Gasteiger partial charge is 0.490 e. The lowest BCUT2D eigenvalue weighted by molar-refractivity contribution is -0.139. The average Bonchev–Trinajstić information content (AvgIpc) is 2.69. The molecule has 0 saturated heterocycles. The number of halogens is 1. The van der Waals surface area contributed by atoms with Crippen LogP contribution in [0.1, 0.15) is 71.8 Å². The SMILES string of the molecule is CCOc1cc(C2C3=C(CC(C)(C)CC3=O)OC3=C2C(=O)CC(C)(C)C3)cc(I)c1OCC(=O)O. The van der Waals surface area contributed by atoms with Gasteiger partial charge in [-0.15, -0.1) is 0 Å². The molecule has 1 aliphatic heterocycles. The molecule has 1 heterocycles. The quantitative estimate of drug-likeness (QED) is 0.431. The first-order valence-electron chi connectivity index (χ1n) is 11.8. The summed E-state index contributed by atoms with van der Waals surface area (Å²) in [6, 6.07) is 3.62. The summed E-state index contributed by atoms with van der Waals surface area (Å²) in [6.07, 6.45) is 1.99. The van der Waals surface area contributed by atoms with Crippen molar-refractivity contribution in [3.05, 3.63) is 43.9 Å². The van der Waals surface area contributed by atoms with E-state index in [0.29, 0.717) is 70.0 Å². The maximum absolute atomic E-state index is 13.5. The highest BCUT2D eigenvalue weighted by Gasteiger charge is 2.48. The van der Waals surface area contributed by atoms with E-state index in [4.69, 9.17) is 19.3 Å². The van der Waals surface area contributed by atoms with Crippen LogP contribution in [0.15, 0.2) is 34.8 Å². The predicted molar refractivity (Wildman–Crippen MR) is 137 cm³/mol. The Labute approximate surface area is 219 Å². The lowest BCUT2D eigenvalue weighted by Crippen LogP contribution is -2.37. The van der Waals surface area contributed by atoms with Crippen molar-refractivity contribution in [2.75, 3.05) is 13.2 Å². The smallest absolute Gasteiger partial charge is 0.341 e. The van der Waals surface area contributed by atoms with E-state index < -0.39 is 18.5 Å². The standard InChI is InChI=1S/C27H31IO7/c1-6-33-18-8-14(7-15(28)25(18)34-13-21(31)32)22-23-16(29)9-26(2,3)11-19(23)35-20-12-27(4,5)10-17(30)24(20)22/h7-8,22H,6,9-13H2,1-5H3,(H,31,32). The van der Waals surface area contributed by atoms with E-state index in [1.54, 1.807) is 6.07 Å². The first-order chi connectivity index (χ1) is 16.3. The number of carboxylic acid groups (broad SMARTS) is 1. The summed E-state index contributed by atoms with van der Waals surface area (Å²) in [5.41, 5.74) is 1.38. The third-order valence-corrected chi connectivity index (χ3v) is 7.39. The average molecular weight is 594 g/mol.